The van der Waals surface area contributed by atoms with Gasteiger partial charge in [-0.3, -0.25) is 9.48 Å². The Hall–Kier alpha value is -3.83. The molecule has 1 heterocycles. The third-order valence-electron chi connectivity index (χ3n) is 4.87. The Morgan fingerprint density at radius 1 is 1.17 bits per heavy atom. The van der Waals surface area contributed by atoms with E-state index in [9.17, 15) is 35.9 Å². The van der Waals surface area contributed by atoms with Gasteiger partial charge in [0, 0.05) is 25.6 Å². The van der Waals surface area contributed by atoms with Gasteiger partial charge in [-0.1, -0.05) is 24.3 Å². The lowest BCUT2D eigenvalue weighted by atomic mass is 10.0. The third kappa shape index (κ3) is 7.33. The van der Waals surface area contributed by atoms with Gasteiger partial charge in [-0.15, -0.1) is 0 Å². The monoisotopic (exact) mass is 501 g/mol. The van der Waals surface area contributed by atoms with Gasteiger partial charge in [0.25, 0.3) is 12.3 Å². The molecule has 188 valence electrons. The molecule has 0 aliphatic rings. The van der Waals surface area contributed by atoms with Crippen molar-refractivity contribution in [3.63, 3.8) is 0 Å². The number of carboxylic acid groups (broad SMARTS) is 1. The number of rotatable bonds is 9. The molecule has 0 spiro atoms. The van der Waals surface area contributed by atoms with Gasteiger partial charge in [-0.25, -0.2) is 18.0 Å². The topological polar surface area (TPSA) is 84.2 Å². The van der Waals surface area contributed by atoms with Gasteiger partial charge < -0.3 is 10.4 Å². The van der Waals surface area contributed by atoms with Gasteiger partial charge >= 0.3 is 12.1 Å². The summed E-state index contributed by atoms with van der Waals surface area (Å²) in [6.07, 6.45) is -4.31. The molecule has 0 aliphatic heterocycles. The summed E-state index contributed by atoms with van der Waals surface area (Å²) >= 11 is 0. The van der Waals surface area contributed by atoms with Crippen molar-refractivity contribution in [3.8, 4) is 0 Å². The maximum absolute atomic E-state index is 13.7. The largest absolute Gasteiger partial charge is 0.478 e. The van der Waals surface area contributed by atoms with Crippen LogP contribution in [0.1, 0.15) is 46.2 Å². The Morgan fingerprint density at radius 3 is 2.31 bits per heavy atom. The molecule has 0 fully saturated rings. The van der Waals surface area contributed by atoms with Crippen molar-refractivity contribution in [2.24, 2.45) is 7.05 Å². The van der Waals surface area contributed by atoms with Gasteiger partial charge in [-0.05, 0) is 36.3 Å². The predicted octanol–water partition coefficient (Wildman–Crippen LogP) is 5.14. The molecule has 0 saturated carbocycles. The molecule has 0 unspecified atom stereocenters. The number of aromatic nitrogens is 2. The highest BCUT2D eigenvalue weighted by atomic mass is 19.4. The second kappa shape index (κ2) is 11.5. The fraction of sp³-hybridized carbons (Fsp3) is 0.261. The number of benzene rings is 1. The highest BCUT2D eigenvalue weighted by Gasteiger charge is 2.31. The summed E-state index contributed by atoms with van der Waals surface area (Å²) in [5, 5.41) is 15.2. The van der Waals surface area contributed by atoms with Crippen LogP contribution in [0.15, 0.2) is 60.0 Å². The van der Waals surface area contributed by atoms with Gasteiger partial charge in [0.15, 0.2) is 0 Å². The maximum atomic E-state index is 13.7. The van der Waals surface area contributed by atoms with Crippen molar-refractivity contribution < 1.29 is 41.0 Å². The van der Waals surface area contributed by atoms with Crippen molar-refractivity contribution in [1.82, 2.24) is 15.1 Å². The van der Waals surface area contributed by atoms with E-state index in [1.165, 1.54) is 26.1 Å². The van der Waals surface area contributed by atoms with Crippen molar-refractivity contribution in [3.05, 3.63) is 88.0 Å². The molecule has 0 bridgehead atoms. The number of alkyl halides is 5. The fourth-order valence-corrected chi connectivity index (χ4v) is 3.05. The molecule has 12 heteroatoms. The molecule has 6 nitrogen and oxygen atoms in total. The smallest absolute Gasteiger partial charge is 0.416 e. The molecular weight excluding hydrogens is 480 g/mol. The van der Waals surface area contributed by atoms with Gasteiger partial charge in [0.1, 0.15) is 5.69 Å². The van der Waals surface area contributed by atoms with Crippen LogP contribution in [0, 0.1) is 0 Å². The number of halogens is 6. The quantitative estimate of drug-likeness (QED) is 0.283. The summed E-state index contributed by atoms with van der Waals surface area (Å²) in [7, 11) is 1.20. The Bertz CT molecular complexity index is 1160. The number of hydrogen-bond acceptors (Lipinski definition) is 3. The van der Waals surface area contributed by atoms with E-state index in [4.69, 9.17) is 5.11 Å². The molecule has 2 rings (SSSR count). The number of nitrogens with one attached hydrogen (secondary N) is 1. The Morgan fingerprint density at radius 2 is 1.80 bits per heavy atom. The molecule has 2 aromatic rings. The van der Waals surface area contributed by atoms with E-state index < -0.39 is 41.3 Å². The number of allylic oxidation sites excluding steroid dienone is 2. The van der Waals surface area contributed by atoms with E-state index >= 15 is 0 Å². The Balaban J connectivity index is 2.34. The van der Waals surface area contributed by atoms with Crippen LogP contribution in [0.2, 0.25) is 0 Å². The van der Waals surface area contributed by atoms with E-state index in [0.29, 0.717) is 5.56 Å². The number of carbonyl (C=O) groups is 2. The number of nitrogens with zero attached hydrogens (tertiary/aromatic N) is 2. The second-order valence-electron chi connectivity index (χ2n) is 7.37. The maximum Gasteiger partial charge on any atom is 0.416 e. The number of hydrogen-bond donors (Lipinski definition) is 2. The average Bonchev–Trinajstić information content (AvgIpc) is 3.10. The van der Waals surface area contributed by atoms with Crippen LogP contribution in [0.4, 0.5) is 26.3 Å². The minimum Gasteiger partial charge on any atom is -0.478 e. The minimum atomic E-state index is -4.55. The molecule has 2 N–H and O–H groups in total. The van der Waals surface area contributed by atoms with Crippen LogP contribution < -0.4 is 5.32 Å². The van der Waals surface area contributed by atoms with Crippen molar-refractivity contribution in [2.45, 2.75) is 25.9 Å². The molecule has 1 aromatic carbocycles. The normalized spacial score (nSPS) is 13.1. The predicted molar refractivity (Wildman–Crippen MR) is 114 cm³/mol. The SMILES string of the molecule is C\C(=C/C=C(\C=C\F)CNC(=O)c1c(Cc2ccc(C(F)(F)F)cc2)nn(C)c1C(F)F)C(=O)O. The van der Waals surface area contributed by atoms with E-state index in [0.717, 1.165) is 35.0 Å². The lowest BCUT2D eigenvalue weighted by Gasteiger charge is -2.10. The zero-order valence-electron chi connectivity index (χ0n) is 18.5. The van der Waals surface area contributed by atoms with Crippen molar-refractivity contribution in [1.29, 1.82) is 0 Å². The summed E-state index contributed by atoms with van der Waals surface area (Å²) in [6, 6.07) is 3.98. The molecule has 0 atom stereocenters. The third-order valence-corrected chi connectivity index (χ3v) is 4.87. The number of amides is 1. The van der Waals surface area contributed by atoms with Gasteiger partial charge in [0.05, 0.1) is 23.2 Å². The number of carbonyl (C=O) groups excluding carboxylic acids is 1. The first-order chi connectivity index (χ1) is 16.3. The van der Waals surface area contributed by atoms with E-state index in [1.807, 2.05) is 0 Å². The van der Waals surface area contributed by atoms with Crippen molar-refractivity contribution >= 4 is 11.9 Å². The molecular formula is C23H21F6N3O3. The molecule has 35 heavy (non-hydrogen) atoms. The van der Waals surface area contributed by atoms with Crippen LogP contribution in [0.25, 0.3) is 0 Å². The van der Waals surface area contributed by atoms with Gasteiger partial charge in [0.2, 0.25) is 0 Å². The first kappa shape index (κ1) is 27.4. The summed E-state index contributed by atoms with van der Waals surface area (Å²) in [5.74, 6) is -2.17. The highest BCUT2D eigenvalue weighted by Crippen LogP contribution is 2.30. The number of aryl methyl sites for hydroxylation is 1. The highest BCUT2D eigenvalue weighted by molar-refractivity contribution is 5.97. The Kier molecular flexibility index (Phi) is 9.04. The number of aliphatic carboxylic acids is 1. The Labute approximate surface area is 196 Å². The van der Waals surface area contributed by atoms with Crippen LogP contribution in [-0.2, 0) is 24.4 Å². The van der Waals surface area contributed by atoms with Crippen molar-refractivity contribution in [2.75, 3.05) is 6.54 Å². The summed E-state index contributed by atoms with van der Waals surface area (Å²) < 4.78 is 79.3. The van der Waals surface area contributed by atoms with Gasteiger partial charge in [-0.2, -0.15) is 18.3 Å². The second-order valence-corrected chi connectivity index (χ2v) is 7.37. The molecule has 0 radical (unpaired) electrons. The first-order valence-corrected chi connectivity index (χ1v) is 10.0. The average molecular weight is 501 g/mol. The zero-order chi connectivity index (χ0) is 26.3. The van der Waals surface area contributed by atoms with E-state index in [-0.39, 0.29) is 36.1 Å². The lowest BCUT2D eigenvalue weighted by molar-refractivity contribution is -0.137. The van der Waals surface area contributed by atoms with Crippen LogP contribution in [0.3, 0.4) is 0 Å². The summed E-state index contributed by atoms with van der Waals surface area (Å²) in [4.78, 5) is 23.7. The minimum absolute atomic E-state index is 0.0628. The lowest BCUT2D eigenvalue weighted by Crippen LogP contribution is -2.27. The van der Waals surface area contributed by atoms with Crippen LogP contribution >= 0.6 is 0 Å². The molecule has 1 aromatic heterocycles. The van der Waals surface area contributed by atoms with E-state index in [2.05, 4.69) is 10.4 Å². The first-order valence-electron chi connectivity index (χ1n) is 10.0. The number of carboxylic acids is 1. The fourth-order valence-electron chi connectivity index (χ4n) is 3.05. The van der Waals surface area contributed by atoms with Crippen LogP contribution in [0.5, 0.6) is 0 Å². The molecule has 0 saturated heterocycles. The molecule has 0 aliphatic carbocycles. The summed E-state index contributed by atoms with van der Waals surface area (Å²) in [5.41, 5.74) is -1.75. The van der Waals surface area contributed by atoms with Crippen LogP contribution in [-0.4, -0.2) is 33.3 Å². The summed E-state index contributed by atoms with van der Waals surface area (Å²) in [6.45, 7) is 0.964. The zero-order valence-corrected chi connectivity index (χ0v) is 18.5. The van der Waals surface area contributed by atoms with E-state index in [1.54, 1.807) is 0 Å². The standard InChI is InChI=1S/C23H21F6N3O3/c1-13(22(34)35)3-4-15(9-10-24)12-30-21(33)18-17(31-32(2)19(18)20(25)26)11-14-5-7-16(8-6-14)23(27,28)29/h3-10,20H,11-12H2,1-2H3,(H,30,33)(H,34,35)/b10-9+,13-3+,15-4+. The molecule has 1 amide bonds.